The number of hydrogen-bond donors (Lipinski definition) is 2. The van der Waals surface area contributed by atoms with E-state index in [4.69, 9.17) is 0 Å². The Morgan fingerprint density at radius 3 is 2.29 bits per heavy atom. The Hall–Kier alpha value is -3.66. The summed E-state index contributed by atoms with van der Waals surface area (Å²) in [6.45, 7) is 5.75. The van der Waals surface area contributed by atoms with Crippen LogP contribution in [0.2, 0.25) is 0 Å². The molecular formula is C24H29N9O. The predicted octanol–water partition coefficient (Wildman–Crippen LogP) is 2.28. The molecule has 1 aliphatic carbocycles. The van der Waals surface area contributed by atoms with Gasteiger partial charge in [-0.25, -0.2) is 9.97 Å². The molecule has 2 N–H and O–H groups in total. The molecule has 10 heteroatoms. The van der Waals surface area contributed by atoms with Gasteiger partial charge in [-0.1, -0.05) is 19.1 Å². The van der Waals surface area contributed by atoms with E-state index in [1.807, 2.05) is 31.2 Å². The number of carbonyl (C=O) groups is 1. The highest BCUT2D eigenvalue weighted by molar-refractivity contribution is 5.95. The first kappa shape index (κ1) is 22.1. The van der Waals surface area contributed by atoms with Gasteiger partial charge in [0.2, 0.25) is 17.8 Å². The van der Waals surface area contributed by atoms with Gasteiger partial charge in [0.1, 0.15) is 5.82 Å². The molecule has 1 saturated heterocycles. The number of amides is 1. The fraction of sp³-hybridized carbons (Fsp3) is 0.417. The fourth-order valence-corrected chi connectivity index (χ4v) is 3.72. The van der Waals surface area contributed by atoms with Crippen LogP contribution in [-0.2, 0) is 6.42 Å². The van der Waals surface area contributed by atoms with Crippen molar-refractivity contribution in [2.75, 3.05) is 43.4 Å². The molecule has 1 amide bonds. The number of nitrogens with zero attached hydrogens (tertiary/aromatic N) is 7. The third kappa shape index (κ3) is 5.28. The van der Waals surface area contributed by atoms with Gasteiger partial charge in [-0.3, -0.25) is 10.1 Å². The van der Waals surface area contributed by atoms with Gasteiger partial charge in [-0.05, 0) is 37.6 Å². The van der Waals surface area contributed by atoms with Gasteiger partial charge in [0.25, 0.3) is 5.91 Å². The monoisotopic (exact) mass is 459 g/mol. The Morgan fingerprint density at radius 1 is 0.941 bits per heavy atom. The largest absolute Gasteiger partial charge is 0.349 e. The number of likely N-dealkylation sites (N-methyl/N-ethyl adjacent to an activating group) is 1. The maximum Gasteiger partial charge on any atom is 0.251 e. The molecular weight excluding hydrogens is 430 g/mol. The lowest BCUT2D eigenvalue weighted by molar-refractivity contribution is 0.0951. The maximum absolute atomic E-state index is 12.2. The summed E-state index contributed by atoms with van der Waals surface area (Å²) in [5, 5.41) is 6.12. The zero-order valence-electron chi connectivity index (χ0n) is 19.5. The topological polar surface area (TPSA) is 112 Å². The normalized spacial score (nSPS) is 16.4. The number of rotatable bonds is 7. The second-order valence-electron chi connectivity index (χ2n) is 8.76. The molecule has 10 nitrogen and oxygen atoms in total. The number of hydrogen-bond acceptors (Lipinski definition) is 9. The molecule has 0 radical (unpaired) electrons. The van der Waals surface area contributed by atoms with Crippen molar-refractivity contribution in [3.63, 3.8) is 0 Å². The zero-order valence-corrected chi connectivity index (χ0v) is 19.5. The standard InChI is InChI=1S/C24H29N9O/c1-3-20-28-23(31-24(29-20)33-12-10-32(2)11-13-33)30-22-25-14-18(15-26-22)16-4-6-17(7-5-16)21(34)27-19-8-9-19/h4-7,14-15,19H,3,8-13H2,1-2H3,(H,27,34)(H,25,26,28,29,30,31). The molecule has 0 bridgehead atoms. The summed E-state index contributed by atoms with van der Waals surface area (Å²) in [6.07, 6.45) is 6.36. The second-order valence-corrected chi connectivity index (χ2v) is 8.76. The van der Waals surface area contributed by atoms with Crippen LogP contribution in [0.1, 0.15) is 35.9 Å². The first-order valence-electron chi connectivity index (χ1n) is 11.8. The molecule has 0 atom stereocenters. The zero-order chi connectivity index (χ0) is 23.5. The Morgan fingerprint density at radius 2 is 1.65 bits per heavy atom. The molecule has 2 aliphatic rings. The highest BCUT2D eigenvalue weighted by Crippen LogP contribution is 2.22. The summed E-state index contributed by atoms with van der Waals surface area (Å²) >= 11 is 0. The molecule has 34 heavy (non-hydrogen) atoms. The molecule has 3 heterocycles. The van der Waals surface area contributed by atoms with Crippen LogP contribution in [0.5, 0.6) is 0 Å². The minimum Gasteiger partial charge on any atom is -0.349 e. The predicted molar refractivity (Wildman–Crippen MR) is 130 cm³/mol. The molecule has 1 aliphatic heterocycles. The lowest BCUT2D eigenvalue weighted by Gasteiger charge is -2.32. The Kier molecular flexibility index (Phi) is 6.31. The van der Waals surface area contributed by atoms with Crippen molar-refractivity contribution in [1.82, 2.24) is 35.1 Å². The van der Waals surface area contributed by atoms with Gasteiger partial charge in [0.05, 0.1) is 0 Å². The summed E-state index contributed by atoms with van der Waals surface area (Å²) in [5.74, 6) is 2.25. The van der Waals surface area contributed by atoms with E-state index in [0.717, 1.165) is 56.0 Å². The van der Waals surface area contributed by atoms with E-state index in [0.29, 0.717) is 35.9 Å². The molecule has 1 aromatic carbocycles. The Labute approximate surface area is 198 Å². The van der Waals surface area contributed by atoms with Crippen molar-refractivity contribution in [1.29, 1.82) is 0 Å². The van der Waals surface area contributed by atoms with Crippen LogP contribution in [0.3, 0.4) is 0 Å². The number of piperazine rings is 1. The van der Waals surface area contributed by atoms with Crippen LogP contribution in [0.15, 0.2) is 36.7 Å². The van der Waals surface area contributed by atoms with Crippen LogP contribution in [-0.4, -0.2) is 75.0 Å². The molecule has 2 fully saturated rings. The summed E-state index contributed by atoms with van der Waals surface area (Å²) in [4.78, 5) is 39.3. The van der Waals surface area contributed by atoms with Crippen LogP contribution >= 0.6 is 0 Å². The number of aryl methyl sites for hydroxylation is 1. The van der Waals surface area contributed by atoms with E-state index < -0.39 is 0 Å². The van der Waals surface area contributed by atoms with Crippen molar-refractivity contribution in [2.45, 2.75) is 32.2 Å². The second kappa shape index (κ2) is 9.68. The van der Waals surface area contributed by atoms with Crippen LogP contribution < -0.4 is 15.5 Å². The highest BCUT2D eigenvalue weighted by Gasteiger charge is 2.23. The molecule has 1 saturated carbocycles. The van der Waals surface area contributed by atoms with Crippen LogP contribution in [0.4, 0.5) is 17.8 Å². The van der Waals surface area contributed by atoms with Gasteiger partial charge in [0, 0.05) is 62.2 Å². The van der Waals surface area contributed by atoms with E-state index in [1.54, 1.807) is 12.4 Å². The maximum atomic E-state index is 12.2. The first-order chi connectivity index (χ1) is 16.6. The van der Waals surface area contributed by atoms with Gasteiger partial charge >= 0.3 is 0 Å². The smallest absolute Gasteiger partial charge is 0.251 e. The first-order valence-corrected chi connectivity index (χ1v) is 11.8. The van der Waals surface area contributed by atoms with E-state index in [1.165, 1.54) is 0 Å². The third-order valence-electron chi connectivity index (χ3n) is 6.04. The average molecular weight is 460 g/mol. The van der Waals surface area contributed by atoms with Crippen molar-refractivity contribution < 1.29 is 4.79 Å². The van der Waals surface area contributed by atoms with Crippen molar-refractivity contribution in [3.8, 4) is 11.1 Å². The van der Waals surface area contributed by atoms with Gasteiger partial charge in [0.15, 0.2) is 0 Å². The van der Waals surface area contributed by atoms with Crippen molar-refractivity contribution in [3.05, 3.63) is 48.0 Å². The van der Waals surface area contributed by atoms with E-state index >= 15 is 0 Å². The average Bonchev–Trinajstić information content (AvgIpc) is 3.69. The fourth-order valence-electron chi connectivity index (χ4n) is 3.72. The van der Waals surface area contributed by atoms with Gasteiger partial charge in [-0.2, -0.15) is 15.0 Å². The molecule has 5 rings (SSSR count). The highest BCUT2D eigenvalue weighted by atomic mass is 16.1. The number of aromatic nitrogens is 5. The molecule has 176 valence electrons. The minimum absolute atomic E-state index is 0.0235. The van der Waals surface area contributed by atoms with Crippen LogP contribution in [0, 0.1) is 0 Å². The summed E-state index contributed by atoms with van der Waals surface area (Å²) < 4.78 is 0. The number of carbonyl (C=O) groups excluding carboxylic acids is 1. The summed E-state index contributed by atoms with van der Waals surface area (Å²) in [6, 6.07) is 7.83. The molecule has 2 aromatic heterocycles. The van der Waals surface area contributed by atoms with Crippen LogP contribution in [0.25, 0.3) is 11.1 Å². The minimum atomic E-state index is -0.0235. The number of benzene rings is 1. The molecule has 0 spiro atoms. The van der Waals surface area contributed by atoms with Gasteiger partial charge in [-0.15, -0.1) is 0 Å². The number of anilines is 3. The Balaban J connectivity index is 1.27. The SMILES string of the molecule is CCc1nc(Nc2ncc(-c3ccc(C(=O)NC4CC4)cc3)cn2)nc(N2CCN(C)CC2)n1. The van der Waals surface area contributed by atoms with Crippen molar-refractivity contribution in [2.24, 2.45) is 0 Å². The summed E-state index contributed by atoms with van der Waals surface area (Å²) in [7, 11) is 2.12. The van der Waals surface area contributed by atoms with Gasteiger partial charge < -0.3 is 15.1 Å². The molecule has 3 aromatic rings. The van der Waals surface area contributed by atoms with E-state index in [2.05, 4.69) is 52.4 Å². The molecule has 0 unspecified atom stereocenters. The lowest BCUT2D eigenvalue weighted by Crippen LogP contribution is -2.45. The number of nitrogens with one attached hydrogen (secondary N) is 2. The summed E-state index contributed by atoms with van der Waals surface area (Å²) in [5.41, 5.74) is 2.47. The third-order valence-corrected chi connectivity index (χ3v) is 6.04. The quantitative estimate of drug-likeness (QED) is 0.549. The van der Waals surface area contributed by atoms with E-state index in [9.17, 15) is 4.79 Å². The lowest BCUT2D eigenvalue weighted by atomic mass is 10.1. The van der Waals surface area contributed by atoms with Crippen molar-refractivity contribution >= 4 is 23.8 Å². The Bertz CT molecular complexity index is 1140. The van der Waals surface area contributed by atoms with E-state index in [-0.39, 0.29) is 5.91 Å².